The van der Waals surface area contributed by atoms with Crippen LogP contribution in [-0.4, -0.2) is 16.6 Å². The Kier molecular flexibility index (Phi) is 6.93. The highest BCUT2D eigenvalue weighted by Gasteiger charge is 2.36. The molecule has 0 amide bonds. The van der Waals surface area contributed by atoms with Crippen LogP contribution in [0.5, 0.6) is 0 Å². The summed E-state index contributed by atoms with van der Waals surface area (Å²) in [5.41, 5.74) is 3.77. The first kappa shape index (κ1) is 23.1. The van der Waals surface area contributed by atoms with E-state index in [1.54, 1.807) is 12.2 Å². The normalized spacial score (nSPS) is 18.6. The van der Waals surface area contributed by atoms with Gasteiger partial charge in [-0.25, -0.2) is 0 Å². The fourth-order valence-electron chi connectivity index (χ4n) is 3.86. The average molecular weight is 450 g/mol. The Morgan fingerprint density at radius 1 is 0.794 bits per heavy atom. The molecule has 0 atom stereocenters. The summed E-state index contributed by atoms with van der Waals surface area (Å²) in [6.45, 7) is 4.09. The second kappa shape index (κ2) is 10.2. The van der Waals surface area contributed by atoms with E-state index in [1.165, 1.54) is 0 Å². The number of hydrogen-bond acceptors (Lipinski definition) is 5. The third-order valence-electron chi connectivity index (χ3n) is 5.49. The lowest BCUT2D eigenvalue weighted by atomic mass is 9.73. The number of allylic oxidation sites excluding steroid dienone is 2. The average Bonchev–Trinajstić information content (AvgIpc) is 2.82. The Hall–Kier alpha value is -4.12. The second-order valence-electron chi connectivity index (χ2n) is 9.06. The van der Waals surface area contributed by atoms with Crippen LogP contribution < -0.4 is 0 Å². The van der Waals surface area contributed by atoms with E-state index in [-0.39, 0.29) is 17.0 Å². The van der Waals surface area contributed by atoms with Crippen LogP contribution in [0.15, 0.2) is 118 Å². The molecule has 3 aromatic rings. The van der Waals surface area contributed by atoms with Crippen LogP contribution in [0.2, 0.25) is 0 Å². The lowest BCUT2D eigenvalue weighted by Crippen LogP contribution is -2.32. The molecule has 0 spiro atoms. The molecule has 3 aromatic carbocycles. The van der Waals surface area contributed by atoms with Crippen molar-refractivity contribution in [1.82, 2.24) is 0 Å². The molecule has 34 heavy (non-hydrogen) atoms. The molecular formula is C29H27N3O2. The van der Waals surface area contributed by atoms with E-state index in [0.717, 1.165) is 11.3 Å². The first-order chi connectivity index (χ1) is 16.4. The van der Waals surface area contributed by atoms with Crippen LogP contribution in [-0.2, 0) is 4.79 Å². The number of ketones is 1. The number of aliphatic imine (C=N–C) groups is 1. The van der Waals surface area contributed by atoms with Gasteiger partial charge in [0.25, 0.3) is 0 Å². The van der Waals surface area contributed by atoms with Crippen molar-refractivity contribution in [2.24, 2.45) is 20.6 Å². The molecule has 0 saturated heterocycles. The molecule has 170 valence electrons. The first-order valence-corrected chi connectivity index (χ1v) is 11.2. The van der Waals surface area contributed by atoms with Gasteiger partial charge in [-0.15, -0.1) is 0 Å². The molecule has 0 aromatic heterocycles. The van der Waals surface area contributed by atoms with Crippen molar-refractivity contribution in [3.8, 4) is 0 Å². The van der Waals surface area contributed by atoms with Crippen molar-refractivity contribution in [2.45, 2.75) is 26.7 Å². The topological polar surface area (TPSA) is 74.4 Å². The zero-order valence-electron chi connectivity index (χ0n) is 19.3. The molecule has 1 saturated carbocycles. The predicted molar refractivity (Wildman–Crippen MR) is 137 cm³/mol. The van der Waals surface area contributed by atoms with E-state index in [1.807, 2.05) is 98.8 Å². The number of aliphatic hydroxyl groups is 1. The fraction of sp³-hybridized carbons (Fsp3) is 0.172. The van der Waals surface area contributed by atoms with Gasteiger partial charge >= 0.3 is 0 Å². The molecule has 0 bridgehead atoms. The second-order valence-corrected chi connectivity index (χ2v) is 9.06. The molecule has 0 unspecified atom stereocenters. The lowest BCUT2D eigenvalue weighted by Gasteiger charge is -2.31. The van der Waals surface area contributed by atoms with Crippen molar-refractivity contribution in [1.29, 1.82) is 0 Å². The van der Waals surface area contributed by atoms with Crippen molar-refractivity contribution >= 4 is 34.6 Å². The summed E-state index contributed by atoms with van der Waals surface area (Å²) in [6.07, 6.45) is 4.32. The van der Waals surface area contributed by atoms with Crippen LogP contribution in [0.4, 0.5) is 17.1 Å². The van der Waals surface area contributed by atoms with Gasteiger partial charge in [0.15, 0.2) is 5.78 Å². The number of carbonyl (C=O) groups is 1. The van der Waals surface area contributed by atoms with Gasteiger partial charge in [-0.05, 0) is 59.9 Å². The molecule has 1 aliphatic rings. The SMILES string of the molecule is CC1(C)CC(=O)/C(=C(\O)C=Cc2ccccc2)C(=Nc2ccc(N=Nc3ccccc3)cc2)C1. The van der Waals surface area contributed by atoms with Crippen molar-refractivity contribution < 1.29 is 9.90 Å². The van der Waals surface area contributed by atoms with Gasteiger partial charge in [0.1, 0.15) is 5.76 Å². The quantitative estimate of drug-likeness (QED) is 0.243. The van der Waals surface area contributed by atoms with Gasteiger partial charge in [0, 0.05) is 6.42 Å². The zero-order chi connectivity index (χ0) is 24.0. The monoisotopic (exact) mass is 449 g/mol. The van der Waals surface area contributed by atoms with E-state index >= 15 is 0 Å². The largest absolute Gasteiger partial charge is 0.507 e. The number of benzene rings is 3. The van der Waals surface area contributed by atoms with Crippen LogP contribution >= 0.6 is 0 Å². The maximum atomic E-state index is 13.0. The summed E-state index contributed by atoms with van der Waals surface area (Å²) in [6, 6.07) is 26.5. The minimum atomic E-state index is -0.229. The summed E-state index contributed by atoms with van der Waals surface area (Å²) in [5.74, 6) is -0.158. The number of carbonyl (C=O) groups excluding carboxylic acids is 1. The molecule has 5 heteroatoms. The van der Waals surface area contributed by atoms with Gasteiger partial charge in [0.05, 0.1) is 28.3 Å². The molecule has 4 rings (SSSR count). The Bertz CT molecular complexity index is 1270. The van der Waals surface area contributed by atoms with Gasteiger partial charge in [-0.2, -0.15) is 10.2 Å². The van der Waals surface area contributed by atoms with Crippen molar-refractivity contribution in [2.75, 3.05) is 0 Å². The smallest absolute Gasteiger partial charge is 0.168 e. The first-order valence-electron chi connectivity index (χ1n) is 11.2. The number of aliphatic hydroxyl groups excluding tert-OH is 1. The molecule has 0 radical (unpaired) electrons. The van der Waals surface area contributed by atoms with Crippen LogP contribution in [0.1, 0.15) is 32.3 Å². The Labute approximate surface area is 199 Å². The molecule has 0 heterocycles. The minimum Gasteiger partial charge on any atom is -0.507 e. The Morgan fingerprint density at radius 3 is 2.00 bits per heavy atom. The summed E-state index contributed by atoms with van der Waals surface area (Å²) >= 11 is 0. The number of nitrogens with zero attached hydrogens (tertiary/aromatic N) is 3. The predicted octanol–water partition coefficient (Wildman–Crippen LogP) is 8.09. The van der Waals surface area contributed by atoms with Crippen molar-refractivity contribution in [3.63, 3.8) is 0 Å². The molecule has 1 fully saturated rings. The lowest BCUT2D eigenvalue weighted by molar-refractivity contribution is -0.117. The molecule has 0 aliphatic heterocycles. The van der Waals surface area contributed by atoms with E-state index in [9.17, 15) is 9.90 Å². The van der Waals surface area contributed by atoms with Gasteiger partial charge in [0.2, 0.25) is 0 Å². The highest BCUT2D eigenvalue weighted by Crippen LogP contribution is 2.36. The number of azo groups is 1. The number of hydrogen-bond donors (Lipinski definition) is 1. The fourth-order valence-corrected chi connectivity index (χ4v) is 3.86. The highest BCUT2D eigenvalue weighted by molar-refractivity contribution is 6.25. The van der Waals surface area contributed by atoms with E-state index < -0.39 is 0 Å². The Balaban J connectivity index is 1.62. The van der Waals surface area contributed by atoms with E-state index in [0.29, 0.717) is 35.5 Å². The molecule has 1 aliphatic carbocycles. The summed E-state index contributed by atoms with van der Waals surface area (Å²) in [7, 11) is 0. The van der Waals surface area contributed by atoms with Crippen LogP contribution in [0.25, 0.3) is 6.08 Å². The maximum absolute atomic E-state index is 13.0. The van der Waals surface area contributed by atoms with Gasteiger partial charge in [-0.3, -0.25) is 9.79 Å². The third-order valence-corrected chi connectivity index (χ3v) is 5.49. The zero-order valence-corrected chi connectivity index (χ0v) is 19.3. The van der Waals surface area contributed by atoms with Crippen LogP contribution in [0.3, 0.4) is 0 Å². The number of Topliss-reactive ketones (excluding diaryl/α,β-unsaturated/α-hetero) is 1. The number of rotatable bonds is 5. The Morgan fingerprint density at radius 2 is 1.35 bits per heavy atom. The van der Waals surface area contributed by atoms with Gasteiger partial charge < -0.3 is 5.11 Å². The standard InChI is InChI=1S/C29H27N3O2/c1-29(2)19-25(28(27(34)20-29)26(33)18-13-21-9-5-3-6-10-21)30-22-14-16-24(17-15-22)32-31-23-11-7-4-8-12-23/h3-18,33H,19-20H2,1-2H3/b18-13?,28-26-,30-25?,32-31?. The summed E-state index contributed by atoms with van der Waals surface area (Å²) in [5, 5.41) is 19.3. The minimum absolute atomic E-state index is 0.0589. The van der Waals surface area contributed by atoms with Crippen LogP contribution in [0, 0.1) is 5.41 Å². The maximum Gasteiger partial charge on any atom is 0.168 e. The van der Waals surface area contributed by atoms with Crippen molar-refractivity contribution in [3.05, 3.63) is 108 Å². The summed E-state index contributed by atoms with van der Waals surface area (Å²) in [4.78, 5) is 17.7. The van der Waals surface area contributed by atoms with Gasteiger partial charge in [-0.1, -0.05) is 68.5 Å². The van der Waals surface area contributed by atoms with E-state index in [2.05, 4.69) is 10.2 Å². The summed E-state index contributed by atoms with van der Waals surface area (Å²) < 4.78 is 0. The molecule has 5 nitrogen and oxygen atoms in total. The third kappa shape index (κ3) is 6.01. The van der Waals surface area contributed by atoms with E-state index in [4.69, 9.17) is 4.99 Å². The molecular weight excluding hydrogens is 422 g/mol. The molecule has 1 N–H and O–H groups in total. The highest BCUT2D eigenvalue weighted by atomic mass is 16.3.